The van der Waals surface area contributed by atoms with E-state index in [0.29, 0.717) is 26.1 Å². The fraction of sp³-hybridized carbons (Fsp3) is 0.571. The number of nitrogens with two attached hydrogens (primary N) is 2. The quantitative estimate of drug-likeness (QED) is 0.601. The maximum Gasteiger partial charge on any atom is 0.536 e. The molecule has 0 saturated heterocycles. The lowest BCUT2D eigenvalue weighted by Crippen LogP contribution is -2.58. The lowest BCUT2D eigenvalue weighted by Gasteiger charge is -2.30. The van der Waals surface area contributed by atoms with Gasteiger partial charge in [0.15, 0.2) is 0 Å². The Labute approximate surface area is 127 Å². The average molecular weight is 314 g/mol. The predicted molar refractivity (Wildman–Crippen MR) is 84.6 cm³/mol. The minimum Gasteiger partial charge on any atom is -0.494 e. The molecule has 1 rings (SSSR count). The first-order valence-electron chi connectivity index (χ1n) is 7.07. The third-order valence-corrected chi connectivity index (χ3v) is 5.89. The first-order valence-corrected chi connectivity index (χ1v) is 8.79. The maximum atomic E-state index is 6.06. The van der Waals surface area contributed by atoms with Crippen LogP contribution in [0.3, 0.4) is 0 Å². The molecule has 0 spiro atoms. The van der Waals surface area contributed by atoms with Crippen molar-refractivity contribution in [2.75, 3.05) is 33.9 Å². The number of hydrogen-bond acceptors (Lipinski definition) is 6. The molecule has 0 heterocycles. The second-order valence-corrected chi connectivity index (χ2v) is 7.22. The molecule has 1 unspecified atom stereocenters. The molecule has 7 heteroatoms. The Hall–Kier alpha value is -0.963. The van der Waals surface area contributed by atoms with Crippen molar-refractivity contribution >= 4 is 14.0 Å². The third-order valence-electron chi connectivity index (χ3n) is 3.13. The van der Waals surface area contributed by atoms with E-state index in [9.17, 15) is 0 Å². The first-order chi connectivity index (χ1) is 10.2. The molecule has 1 atom stereocenters. The lowest BCUT2D eigenvalue weighted by atomic mass is 10.3. The first kappa shape index (κ1) is 18.1. The molecule has 1 aromatic carbocycles. The van der Waals surface area contributed by atoms with E-state index in [0.717, 1.165) is 10.9 Å². The van der Waals surface area contributed by atoms with Gasteiger partial charge in [-0.1, -0.05) is 12.1 Å². The van der Waals surface area contributed by atoms with Crippen LogP contribution in [0.1, 0.15) is 13.3 Å². The highest BCUT2D eigenvalue weighted by molar-refractivity contribution is 6.75. The summed E-state index contributed by atoms with van der Waals surface area (Å²) in [5, 5.41) is 0.867. The van der Waals surface area contributed by atoms with Crippen molar-refractivity contribution in [3.63, 3.8) is 0 Å². The van der Waals surface area contributed by atoms with E-state index in [1.165, 1.54) is 0 Å². The summed E-state index contributed by atoms with van der Waals surface area (Å²) in [4.78, 5) is 0. The largest absolute Gasteiger partial charge is 0.536 e. The fourth-order valence-corrected chi connectivity index (χ4v) is 4.23. The molecule has 0 fully saturated rings. The molecule has 0 aliphatic heterocycles. The zero-order chi connectivity index (χ0) is 15.7. The fourth-order valence-electron chi connectivity index (χ4n) is 2.04. The summed E-state index contributed by atoms with van der Waals surface area (Å²) >= 11 is 0. The molecule has 0 aliphatic rings. The summed E-state index contributed by atoms with van der Waals surface area (Å²) in [5.74, 6) is 0.800. The van der Waals surface area contributed by atoms with Crippen molar-refractivity contribution in [3.8, 4) is 5.75 Å². The molecule has 0 aromatic heterocycles. The Balaban J connectivity index is 2.97. The van der Waals surface area contributed by atoms with Crippen molar-refractivity contribution in [1.29, 1.82) is 0 Å². The van der Waals surface area contributed by atoms with Crippen LogP contribution in [0.4, 0.5) is 0 Å². The summed E-state index contributed by atoms with van der Waals surface area (Å²) in [5.41, 5.74) is 11.3. The molecule has 0 bridgehead atoms. The van der Waals surface area contributed by atoms with Crippen molar-refractivity contribution in [2.45, 2.75) is 19.4 Å². The van der Waals surface area contributed by atoms with Crippen molar-refractivity contribution < 1.29 is 18.0 Å². The van der Waals surface area contributed by atoms with Crippen LogP contribution >= 0.6 is 0 Å². The molecular formula is C14H26N2O4Si. The highest BCUT2D eigenvalue weighted by Crippen LogP contribution is 2.15. The topological polar surface area (TPSA) is 89.0 Å². The van der Waals surface area contributed by atoms with Gasteiger partial charge >= 0.3 is 8.80 Å². The normalized spacial score (nSPS) is 13.2. The van der Waals surface area contributed by atoms with Crippen LogP contribution < -0.4 is 21.4 Å². The standard InChI is InChI=1S/C14H26N2O4Si/c1-4-19-12-5-7-14(8-6-12)21(17-2,18-3)20-13(11-16)9-10-15/h5-8,13H,4,9-11,15-16H2,1-3H3. The minimum absolute atomic E-state index is 0.187. The summed E-state index contributed by atoms with van der Waals surface area (Å²) in [6.45, 7) is 3.44. The van der Waals surface area contributed by atoms with Gasteiger partial charge in [0.2, 0.25) is 0 Å². The molecule has 0 radical (unpaired) electrons. The monoisotopic (exact) mass is 314 g/mol. The van der Waals surface area contributed by atoms with Gasteiger partial charge in [-0.2, -0.15) is 0 Å². The van der Waals surface area contributed by atoms with E-state index >= 15 is 0 Å². The second kappa shape index (κ2) is 9.14. The van der Waals surface area contributed by atoms with Crippen LogP contribution in [-0.4, -0.2) is 48.8 Å². The minimum atomic E-state index is -2.98. The molecule has 6 nitrogen and oxygen atoms in total. The average Bonchev–Trinajstić information content (AvgIpc) is 2.53. The van der Waals surface area contributed by atoms with E-state index in [-0.39, 0.29) is 6.10 Å². The highest BCUT2D eigenvalue weighted by Gasteiger charge is 2.43. The van der Waals surface area contributed by atoms with Gasteiger partial charge in [0.1, 0.15) is 5.75 Å². The Bertz CT molecular complexity index is 398. The SMILES string of the molecule is CCOc1ccc([Si](OC)(OC)OC(CN)CCN)cc1. The van der Waals surface area contributed by atoms with Crippen molar-refractivity contribution in [1.82, 2.24) is 0 Å². The second-order valence-electron chi connectivity index (χ2n) is 4.47. The summed E-state index contributed by atoms with van der Waals surface area (Å²) in [6, 6.07) is 7.56. The molecule has 120 valence electrons. The third kappa shape index (κ3) is 4.77. The number of rotatable bonds is 10. The van der Waals surface area contributed by atoms with Gasteiger partial charge in [-0.15, -0.1) is 0 Å². The molecule has 1 aromatic rings. The van der Waals surface area contributed by atoms with Gasteiger partial charge in [-0.3, -0.25) is 0 Å². The van der Waals surface area contributed by atoms with Crippen LogP contribution in [0.2, 0.25) is 0 Å². The Morgan fingerprint density at radius 2 is 1.71 bits per heavy atom. The van der Waals surface area contributed by atoms with E-state index in [4.69, 9.17) is 29.5 Å². The Morgan fingerprint density at radius 3 is 2.14 bits per heavy atom. The summed E-state index contributed by atoms with van der Waals surface area (Å²) in [6.07, 6.45) is 0.475. The van der Waals surface area contributed by atoms with Gasteiger partial charge in [-0.05, 0) is 32.0 Å². The Morgan fingerprint density at radius 1 is 1.10 bits per heavy atom. The number of benzene rings is 1. The highest BCUT2D eigenvalue weighted by atomic mass is 28.4. The molecule has 0 amide bonds. The van der Waals surface area contributed by atoms with E-state index in [1.807, 2.05) is 31.2 Å². The summed E-state index contributed by atoms with van der Waals surface area (Å²) < 4.78 is 22.7. The van der Waals surface area contributed by atoms with Gasteiger partial charge in [-0.25, -0.2) is 0 Å². The lowest BCUT2D eigenvalue weighted by molar-refractivity contribution is 0.0685. The van der Waals surface area contributed by atoms with Gasteiger partial charge in [0.05, 0.1) is 12.7 Å². The molecule has 4 N–H and O–H groups in total. The zero-order valence-electron chi connectivity index (χ0n) is 13.0. The Kier molecular flexibility index (Phi) is 7.87. The van der Waals surface area contributed by atoms with Crippen LogP contribution in [0, 0.1) is 0 Å². The van der Waals surface area contributed by atoms with Crippen molar-refractivity contribution in [2.24, 2.45) is 11.5 Å². The van der Waals surface area contributed by atoms with Gasteiger partial charge < -0.3 is 29.5 Å². The van der Waals surface area contributed by atoms with Crippen LogP contribution in [0.25, 0.3) is 0 Å². The van der Waals surface area contributed by atoms with Crippen LogP contribution in [-0.2, 0) is 13.3 Å². The van der Waals surface area contributed by atoms with Crippen LogP contribution in [0.15, 0.2) is 24.3 Å². The maximum absolute atomic E-state index is 6.06. The van der Waals surface area contributed by atoms with Gasteiger partial charge in [0.25, 0.3) is 0 Å². The molecule has 21 heavy (non-hydrogen) atoms. The smallest absolute Gasteiger partial charge is 0.494 e. The summed E-state index contributed by atoms with van der Waals surface area (Å²) in [7, 11) is 0.193. The van der Waals surface area contributed by atoms with E-state index < -0.39 is 8.80 Å². The molecule has 0 saturated carbocycles. The van der Waals surface area contributed by atoms with Gasteiger partial charge in [0, 0.05) is 26.0 Å². The predicted octanol–water partition coefficient (Wildman–Crippen LogP) is 0.217. The zero-order valence-corrected chi connectivity index (χ0v) is 14.0. The van der Waals surface area contributed by atoms with E-state index in [1.54, 1.807) is 14.2 Å². The van der Waals surface area contributed by atoms with Crippen molar-refractivity contribution in [3.05, 3.63) is 24.3 Å². The number of hydrogen-bond donors (Lipinski definition) is 2. The molecular weight excluding hydrogens is 288 g/mol. The van der Waals surface area contributed by atoms with E-state index in [2.05, 4.69) is 0 Å². The molecule has 0 aliphatic carbocycles. The van der Waals surface area contributed by atoms with Crippen LogP contribution in [0.5, 0.6) is 5.75 Å². The number of ether oxygens (including phenoxy) is 1.